The van der Waals surface area contributed by atoms with Gasteiger partial charge in [0.15, 0.2) is 5.82 Å². The molecule has 8 heteroatoms. The summed E-state index contributed by atoms with van der Waals surface area (Å²) in [7, 11) is 0. The van der Waals surface area contributed by atoms with Gasteiger partial charge in [-0.05, 0) is 44.7 Å². The van der Waals surface area contributed by atoms with Crippen molar-refractivity contribution in [2.24, 2.45) is 0 Å². The summed E-state index contributed by atoms with van der Waals surface area (Å²) in [5.41, 5.74) is 3.66. The Morgan fingerprint density at radius 2 is 2.18 bits per heavy atom. The van der Waals surface area contributed by atoms with Gasteiger partial charge < -0.3 is 20.7 Å². The Hall–Kier alpha value is -3.03. The zero-order chi connectivity index (χ0) is 19.7. The highest BCUT2D eigenvalue weighted by Gasteiger charge is 2.30. The summed E-state index contributed by atoms with van der Waals surface area (Å²) >= 11 is 0. The number of aromatic amines is 1. The zero-order valence-corrected chi connectivity index (χ0v) is 16.0. The molecule has 2 amide bonds. The van der Waals surface area contributed by atoms with E-state index in [9.17, 15) is 9.59 Å². The summed E-state index contributed by atoms with van der Waals surface area (Å²) in [6, 6.07) is 7.84. The molecule has 0 saturated heterocycles. The van der Waals surface area contributed by atoms with Crippen LogP contribution in [0.25, 0.3) is 0 Å². The minimum absolute atomic E-state index is 0.00506. The number of nitrogens with one attached hydrogen (secondary N) is 4. The molecule has 0 bridgehead atoms. The Bertz CT molecular complexity index is 892. The number of carbonyl (C=O) groups is 2. The number of rotatable bonds is 5. The van der Waals surface area contributed by atoms with E-state index in [-0.39, 0.29) is 30.1 Å². The van der Waals surface area contributed by atoms with Crippen molar-refractivity contribution in [2.45, 2.75) is 57.6 Å². The van der Waals surface area contributed by atoms with Crippen LogP contribution in [-0.2, 0) is 16.0 Å². The Kier molecular flexibility index (Phi) is 4.93. The topological polar surface area (TPSA) is 108 Å². The number of hydrogen-bond acceptors (Lipinski definition) is 5. The lowest BCUT2D eigenvalue weighted by molar-refractivity contribution is -0.115. The number of fused-ring (bicyclic) bond motifs is 1. The zero-order valence-electron chi connectivity index (χ0n) is 16.0. The third-order valence-electron chi connectivity index (χ3n) is 5.13. The number of benzene rings is 1. The SMILES string of the molecule is CC(C)NC(=O)O[C@@H]1CC[C@H](c2cc(Nc3cccc4c3NC(=O)C4)n[nH]2)C1. The Morgan fingerprint density at radius 3 is 3.00 bits per heavy atom. The van der Waals surface area contributed by atoms with Gasteiger partial charge in [0.25, 0.3) is 0 Å². The third kappa shape index (κ3) is 3.95. The molecule has 2 atom stereocenters. The molecule has 0 spiro atoms. The average molecular weight is 383 g/mol. The monoisotopic (exact) mass is 383 g/mol. The van der Waals surface area contributed by atoms with Crippen molar-refractivity contribution < 1.29 is 14.3 Å². The van der Waals surface area contributed by atoms with Crippen molar-refractivity contribution in [1.29, 1.82) is 0 Å². The molecule has 1 aliphatic heterocycles. The molecule has 2 aromatic rings. The van der Waals surface area contributed by atoms with Crippen LogP contribution in [0.1, 0.15) is 50.3 Å². The molecule has 1 aromatic heterocycles. The summed E-state index contributed by atoms with van der Waals surface area (Å²) in [4.78, 5) is 23.4. The molecule has 1 aromatic carbocycles. The van der Waals surface area contributed by atoms with E-state index in [4.69, 9.17) is 4.74 Å². The molecule has 0 unspecified atom stereocenters. The maximum absolute atomic E-state index is 11.8. The number of nitrogens with zero attached hydrogens (tertiary/aromatic N) is 1. The first kappa shape index (κ1) is 18.3. The van der Waals surface area contributed by atoms with E-state index in [1.165, 1.54) is 0 Å². The van der Waals surface area contributed by atoms with Crippen LogP contribution in [0.4, 0.5) is 22.0 Å². The number of ether oxygens (including phenoxy) is 1. The van der Waals surface area contributed by atoms with Gasteiger partial charge in [-0.3, -0.25) is 9.89 Å². The van der Waals surface area contributed by atoms with Crippen LogP contribution in [0, 0.1) is 0 Å². The highest BCUT2D eigenvalue weighted by molar-refractivity contribution is 6.03. The number of aromatic nitrogens is 2. The van der Waals surface area contributed by atoms with E-state index in [1.54, 1.807) is 0 Å². The van der Waals surface area contributed by atoms with Crippen molar-refractivity contribution in [3.63, 3.8) is 0 Å². The van der Waals surface area contributed by atoms with Gasteiger partial charge in [0, 0.05) is 23.7 Å². The van der Waals surface area contributed by atoms with E-state index < -0.39 is 0 Å². The second-order valence-electron chi connectivity index (χ2n) is 7.73. The van der Waals surface area contributed by atoms with Crippen LogP contribution >= 0.6 is 0 Å². The molecular weight excluding hydrogens is 358 g/mol. The summed E-state index contributed by atoms with van der Waals surface area (Å²) < 4.78 is 5.50. The minimum atomic E-state index is -0.354. The Morgan fingerprint density at radius 1 is 1.32 bits per heavy atom. The van der Waals surface area contributed by atoms with Crippen molar-refractivity contribution in [1.82, 2.24) is 15.5 Å². The second kappa shape index (κ2) is 7.53. The molecule has 1 fully saturated rings. The van der Waals surface area contributed by atoms with Crippen molar-refractivity contribution >= 4 is 29.2 Å². The van der Waals surface area contributed by atoms with E-state index in [0.717, 1.165) is 41.9 Å². The molecule has 1 saturated carbocycles. The van der Waals surface area contributed by atoms with E-state index in [1.807, 2.05) is 38.1 Å². The second-order valence-corrected chi connectivity index (χ2v) is 7.73. The van der Waals surface area contributed by atoms with Crippen molar-refractivity contribution in [3.8, 4) is 0 Å². The molecule has 0 radical (unpaired) electrons. The van der Waals surface area contributed by atoms with Crippen LogP contribution in [0.2, 0.25) is 0 Å². The predicted molar refractivity (Wildman–Crippen MR) is 106 cm³/mol. The van der Waals surface area contributed by atoms with Crippen LogP contribution in [0.3, 0.4) is 0 Å². The molecular formula is C20H25N5O3. The normalized spacial score (nSPS) is 20.8. The molecule has 148 valence electrons. The van der Waals surface area contributed by atoms with Gasteiger partial charge >= 0.3 is 6.09 Å². The molecule has 28 heavy (non-hydrogen) atoms. The first-order valence-electron chi connectivity index (χ1n) is 9.69. The largest absolute Gasteiger partial charge is 0.446 e. The highest BCUT2D eigenvalue weighted by Crippen LogP contribution is 2.37. The summed E-state index contributed by atoms with van der Waals surface area (Å²) in [6.07, 6.45) is 2.55. The van der Waals surface area contributed by atoms with Crippen LogP contribution < -0.4 is 16.0 Å². The van der Waals surface area contributed by atoms with Gasteiger partial charge in [0.05, 0.1) is 17.8 Å². The van der Waals surface area contributed by atoms with Gasteiger partial charge in [-0.15, -0.1) is 0 Å². The number of amides is 2. The fourth-order valence-corrected chi connectivity index (χ4v) is 3.85. The summed E-state index contributed by atoms with van der Waals surface area (Å²) in [5, 5.41) is 16.4. The first-order chi connectivity index (χ1) is 13.5. The maximum atomic E-state index is 11.8. The van der Waals surface area contributed by atoms with Gasteiger partial charge in [-0.2, -0.15) is 5.10 Å². The first-order valence-corrected chi connectivity index (χ1v) is 9.69. The highest BCUT2D eigenvalue weighted by atomic mass is 16.6. The standard InChI is InChI=1S/C20H25N5O3/c1-11(2)21-20(27)28-14-7-6-12(8-14)16-10-17(25-24-16)22-15-5-3-4-13-9-18(26)23-19(13)15/h3-5,10-12,14H,6-9H2,1-2H3,(H,21,27)(H,23,26)(H2,22,24,25)/t12-,14+/m0/s1. The van der Waals surface area contributed by atoms with E-state index in [2.05, 4.69) is 26.1 Å². The molecule has 2 heterocycles. The van der Waals surface area contributed by atoms with E-state index in [0.29, 0.717) is 12.2 Å². The fraction of sp³-hybridized carbons (Fsp3) is 0.450. The van der Waals surface area contributed by atoms with Gasteiger partial charge in [-0.25, -0.2) is 4.79 Å². The van der Waals surface area contributed by atoms with Gasteiger partial charge in [0.2, 0.25) is 5.91 Å². The van der Waals surface area contributed by atoms with Gasteiger partial charge in [0.1, 0.15) is 6.10 Å². The van der Waals surface area contributed by atoms with Crippen molar-refractivity contribution in [2.75, 3.05) is 10.6 Å². The summed E-state index contributed by atoms with van der Waals surface area (Å²) in [6.45, 7) is 3.82. The minimum Gasteiger partial charge on any atom is -0.446 e. The van der Waals surface area contributed by atoms with Gasteiger partial charge in [-0.1, -0.05) is 12.1 Å². The van der Waals surface area contributed by atoms with Crippen molar-refractivity contribution in [3.05, 3.63) is 35.5 Å². The number of carbonyl (C=O) groups excluding carboxylic acids is 2. The molecule has 4 N–H and O–H groups in total. The summed E-state index contributed by atoms with van der Waals surface area (Å²) in [5.74, 6) is 0.984. The van der Waals surface area contributed by atoms with Crippen LogP contribution in [0.15, 0.2) is 24.3 Å². The molecule has 1 aliphatic carbocycles. The number of H-pyrrole nitrogens is 1. The predicted octanol–water partition coefficient (Wildman–Crippen LogP) is 3.42. The molecule has 4 rings (SSSR count). The number of anilines is 3. The number of alkyl carbamates (subject to hydrolysis) is 1. The maximum Gasteiger partial charge on any atom is 0.407 e. The van der Waals surface area contributed by atoms with E-state index >= 15 is 0 Å². The molecule has 8 nitrogen and oxygen atoms in total. The lowest BCUT2D eigenvalue weighted by Gasteiger charge is -2.14. The lowest BCUT2D eigenvalue weighted by atomic mass is 10.0. The Balaban J connectivity index is 1.38. The van der Waals surface area contributed by atoms with Crippen LogP contribution in [0.5, 0.6) is 0 Å². The smallest absolute Gasteiger partial charge is 0.407 e. The Labute approximate surface area is 163 Å². The quantitative estimate of drug-likeness (QED) is 0.633. The number of hydrogen-bond donors (Lipinski definition) is 4. The lowest BCUT2D eigenvalue weighted by Crippen LogP contribution is -2.33. The molecule has 2 aliphatic rings. The average Bonchev–Trinajstić information content (AvgIpc) is 3.33. The van der Waals surface area contributed by atoms with Crippen LogP contribution in [-0.4, -0.2) is 34.3 Å². The number of para-hydroxylation sites is 1. The third-order valence-corrected chi connectivity index (χ3v) is 5.13. The fourth-order valence-electron chi connectivity index (χ4n) is 3.85.